The molecule has 0 bridgehead atoms. The number of phenolic OH excluding ortho intramolecular Hbond substituents is 1. The molecule has 0 unspecified atom stereocenters. The van der Waals surface area contributed by atoms with Gasteiger partial charge in [0.05, 0.1) is 16.3 Å². The van der Waals surface area contributed by atoms with Gasteiger partial charge >= 0.3 is 0 Å². The Morgan fingerprint density at radius 2 is 1.90 bits per heavy atom. The molecule has 0 radical (unpaired) electrons. The molecule has 4 nitrogen and oxygen atoms in total. The first-order valence-corrected chi connectivity index (χ1v) is 7.23. The van der Waals surface area contributed by atoms with Crippen LogP contribution in [-0.4, -0.2) is 17.2 Å². The van der Waals surface area contributed by atoms with Crippen molar-refractivity contribution in [3.05, 3.63) is 62.5 Å². The highest BCUT2D eigenvalue weighted by molar-refractivity contribution is 9.11. The topological polar surface area (TPSA) is 61.7 Å². The highest BCUT2D eigenvalue weighted by Crippen LogP contribution is 2.31. The van der Waals surface area contributed by atoms with Gasteiger partial charge in [-0.1, -0.05) is 46.3 Å². The number of halogens is 2. The van der Waals surface area contributed by atoms with Gasteiger partial charge in [-0.25, -0.2) is 5.43 Å². The standard InChI is InChI=1S/C14H10Br2N2O2/c15-10-6-11(13(19)12(16)7-10)14(20)18-17-8-9-4-2-1-3-5-9/h1-8,19H,(H,18,20). The van der Waals surface area contributed by atoms with E-state index in [1.54, 1.807) is 6.07 Å². The Morgan fingerprint density at radius 1 is 1.20 bits per heavy atom. The number of nitrogens with one attached hydrogen (secondary N) is 1. The Kier molecular flexibility index (Phi) is 4.92. The molecule has 0 fully saturated rings. The Hall–Kier alpha value is -1.66. The number of amides is 1. The molecule has 1 amide bonds. The molecule has 0 aliphatic carbocycles. The van der Waals surface area contributed by atoms with Crippen LogP contribution in [0.15, 0.2) is 56.5 Å². The van der Waals surface area contributed by atoms with Crippen LogP contribution in [0.1, 0.15) is 15.9 Å². The maximum absolute atomic E-state index is 11.9. The molecule has 0 aromatic heterocycles. The van der Waals surface area contributed by atoms with Gasteiger partial charge in [0.25, 0.3) is 5.91 Å². The number of nitrogens with zero attached hydrogens (tertiary/aromatic N) is 1. The predicted octanol–water partition coefficient (Wildman–Crippen LogP) is 3.68. The largest absolute Gasteiger partial charge is 0.506 e. The number of hydrogen-bond donors (Lipinski definition) is 2. The minimum Gasteiger partial charge on any atom is -0.506 e. The third-order valence-corrected chi connectivity index (χ3v) is 3.51. The van der Waals surface area contributed by atoms with Crippen molar-refractivity contribution in [3.8, 4) is 5.75 Å². The maximum atomic E-state index is 11.9. The lowest BCUT2D eigenvalue weighted by Crippen LogP contribution is -2.17. The fourth-order valence-corrected chi connectivity index (χ4v) is 2.73. The molecule has 6 heteroatoms. The van der Waals surface area contributed by atoms with Gasteiger partial charge in [-0.05, 0) is 33.6 Å². The fourth-order valence-electron chi connectivity index (χ4n) is 1.50. The Balaban J connectivity index is 2.11. The Bertz CT molecular complexity index is 658. The zero-order valence-electron chi connectivity index (χ0n) is 10.2. The first-order chi connectivity index (χ1) is 9.58. The number of benzene rings is 2. The van der Waals surface area contributed by atoms with Gasteiger partial charge in [0.15, 0.2) is 0 Å². The Morgan fingerprint density at radius 3 is 2.60 bits per heavy atom. The average Bonchev–Trinajstić information content (AvgIpc) is 2.44. The first-order valence-electron chi connectivity index (χ1n) is 5.64. The van der Waals surface area contributed by atoms with Gasteiger partial charge in [0, 0.05) is 4.47 Å². The van der Waals surface area contributed by atoms with E-state index >= 15 is 0 Å². The van der Waals surface area contributed by atoms with E-state index in [1.165, 1.54) is 12.3 Å². The molecule has 102 valence electrons. The van der Waals surface area contributed by atoms with Gasteiger partial charge in [-0.2, -0.15) is 5.10 Å². The van der Waals surface area contributed by atoms with Crippen LogP contribution in [0.2, 0.25) is 0 Å². The highest BCUT2D eigenvalue weighted by Gasteiger charge is 2.14. The number of phenols is 1. The summed E-state index contributed by atoms with van der Waals surface area (Å²) in [6.45, 7) is 0. The molecular formula is C14H10Br2N2O2. The number of carbonyl (C=O) groups is 1. The van der Waals surface area contributed by atoms with Crippen LogP contribution in [0.25, 0.3) is 0 Å². The number of hydrazone groups is 1. The summed E-state index contributed by atoms with van der Waals surface area (Å²) in [6.07, 6.45) is 1.53. The number of hydrogen-bond acceptors (Lipinski definition) is 3. The van der Waals surface area contributed by atoms with E-state index < -0.39 is 5.91 Å². The normalized spacial score (nSPS) is 10.7. The molecule has 0 saturated heterocycles. The van der Waals surface area contributed by atoms with Crippen molar-refractivity contribution >= 4 is 44.0 Å². The summed E-state index contributed by atoms with van der Waals surface area (Å²) in [5.41, 5.74) is 3.38. The quantitative estimate of drug-likeness (QED) is 0.612. The lowest BCUT2D eigenvalue weighted by Gasteiger charge is -2.05. The molecule has 0 heterocycles. The van der Waals surface area contributed by atoms with E-state index in [9.17, 15) is 9.90 Å². The zero-order valence-corrected chi connectivity index (χ0v) is 13.3. The molecule has 2 aromatic carbocycles. The van der Waals surface area contributed by atoms with Crippen molar-refractivity contribution in [1.29, 1.82) is 0 Å². The molecule has 0 saturated carbocycles. The molecule has 0 atom stereocenters. The Labute approximate surface area is 132 Å². The molecule has 0 aliphatic heterocycles. The summed E-state index contributed by atoms with van der Waals surface area (Å²) in [5.74, 6) is -0.614. The maximum Gasteiger partial charge on any atom is 0.275 e. The minimum atomic E-state index is -0.489. The fraction of sp³-hybridized carbons (Fsp3) is 0. The average molecular weight is 398 g/mol. The molecule has 2 rings (SSSR count). The predicted molar refractivity (Wildman–Crippen MR) is 85.0 cm³/mol. The highest BCUT2D eigenvalue weighted by atomic mass is 79.9. The van der Waals surface area contributed by atoms with Crippen molar-refractivity contribution in [1.82, 2.24) is 5.43 Å². The summed E-state index contributed by atoms with van der Waals surface area (Å²) in [4.78, 5) is 11.9. The summed E-state index contributed by atoms with van der Waals surface area (Å²) in [5, 5.41) is 13.7. The van der Waals surface area contributed by atoms with E-state index in [4.69, 9.17) is 0 Å². The summed E-state index contributed by atoms with van der Waals surface area (Å²) < 4.78 is 1.11. The van der Waals surface area contributed by atoms with Gasteiger partial charge in [-0.15, -0.1) is 0 Å². The molecule has 2 aromatic rings. The van der Waals surface area contributed by atoms with E-state index in [1.807, 2.05) is 30.3 Å². The van der Waals surface area contributed by atoms with E-state index in [0.29, 0.717) is 8.95 Å². The van der Waals surface area contributed by atoms with E-state index in [0.717, 1.165) is 5.56 Å². The molecule has 0 aliphatic rings. The van der Waals surface area contributed by atoms with E-state index in [-0.39, 0.29) is 11.3 Å². The second-order valence-corrected chi connectivity index (χ2v) is 5.66. The second kappa shape index (κ2) is 6.67. The van der Waals surface area contributed by atoms with Crippen LogP contribution in [0.5, 0.6) is 5.75 Å². The minimum absolute atomic E-state index is 0.124. The third-order valence-electron chi connectivity index (χ3n) is 2.45. The molecule has 2 N–H and O–H groups in total. The van der Waals surface area contributed by atoms with Crippen LogP contribution < -0.4 is 5.43 Å². The van der Waals surface area contributed by atoms with Crippen LogP contribution >= 0.6 is 31.9 Å². The van der Waals surface area contributed by atoms with Crippen LogP contribution in [0.4, 0.5) is 0 Å². The zero-order chi connectivity index (χ0) is 14.5. The first kappa shape index (κ1) is 14.7. The van der Waals surface area contributed by atoms with Crippen LogP contribution in [0.3, 0.4) is 0 Å². The van der Waals surface area contributed by atoms with Crippen molar-refractivity contribution in [2.75, 3.05) is 0 Å². The van der Waals surface area contributed by atoms with Crippen molar-refractivity contribution < 1.29 is 9.90 Å². The van der Waals surface area contributed by atoms with Crippen molar-refractivity contribution in [3.63, 3.8) is 0 Å². The van der Waals surface area contributed by atoms with Crippen LogP contribution in [0, 0.1) is 0 Å². The molecule has 0 spiro atoms. The monoisotopic (exact) mass is 396 g/mol. The van der Waals surface area contributed by atoms with Crippen LogP contribution in [-0.2, 0) is 0 Å². The number of carbonyl (C=O) groups excluding carboxylic acids is 1. The van der Waals surface area contributed by atoms with E-state index in [2.05, 4.69) is 42.4 Å². The summed E-state index contributed by atoms with van der Waals surface area (Å²) in [7, 11) is 0. The lowest BCUT2D eigenvalue weighted by atomic mass is 10.2. The van der Waals surface area contributed by atoms with Crippen molar-refractivity contribution in [2.45, 2.75) is 0 Å². The van der Waals surface area contributed by atoms with Gasteiger partial charge < -0.3 is 5.11 Å². The second-order valence-electron chi connectivity index (χ2n) is 3.89. The third kappa shape index (κ3) is 3.68. The number of rotatable bonds is 3. The lowest BCUT2D eigenvalue weighted by molar-refractivity contribution is 0.0952. The van der Waals surface area contributed by atoms with Crippen molar-refractivity contribution in [2.24, 2.45) is 5.10 Å². The SMILES string of the molecule is O=C(NN=Cc1ccccc1)c1cc(Br)cc(Br)c1O. The molecular weight excluding hydrogens is 388 g/mol. The molecule has 20 heavy (non-hydrogen) atoms. The summed E-state index contributed by atoms with van der Waals surface area (Å²) >= 11 is 6.43. The summed E-state index contributed by atoms with van der Waals surface area (Å²) in [6, 6.07) is 12.5. The smallest absolute Gasteiger partial charge is 0.275 e. The van der Waals surface area contributed by atoms with Gasteiger partial charge in [-0.3, -0.25) is 4.79 Å². The van der Waals surface area contributed by atoms with Gasteiger partial charge in [0.2, 0.25) is 0 Å². The van der Waals surface area contributed by atoms with Gasteiger partial charge in [0.1, 0.15) is 5.75 Å². The number of aromatic hydroxyl groups is 1.